The first-order valence-corrected chi connectivity index (χ1v) is 6.24. The number of halogens is 1. The average Bonchev–Trinajstić information content (AvgIpc) is 2.30. The summed E-state index contributed by atoms with van der Waals surface area (Å²) in [6.45, 7) is 5.15. The largest absolute Gasteiger partial charge is 0.497 e. The number of ether oxygens (including phenoxy) is 1. The third-order valence-corrected chi connectivity index (χ3v) is 2.65. The summed E-state index contributed by atoms with van der Waals surface area (Å²) in [6, 6.07) is 8.20. The Bertz CT molecular complexity index is 298. The molecular formula is C13H20ClNO. The number of hydrogen-bond acceptors (Lipinski definition) is 2. The highest BCUT2D eigenvalue weighted by molar-refractivity contribution is 6.18. The van der Waals surface area contributed by atoms with E-state index in [1.54, 1.807) is 7.11 Å². The standard InChI is InChI=1S/C13H20ClNO/c1-3-8-15(9-7-14)11-12-5-4-6-13(10-12)16-2/h4-6,10H,3,7-9,11H2,1-2H3. The fraction of sp³-hybridized carbons (Fsp3) is 0.538. The Balaban J connectivity index is 2.60. The predicted octanol–water partition coefficient (Wildman–Crippen LogP) is 3.15. The Kier molecular flexibility index (Phi) is 6.27. The summed E-state index contributed by atoms with van der Waals surface area (Å²) in [6.07, 6.45) is 1.15. The van der Waals surface area contributed by atoms with E-state index in [1.165, 1.54) is 5.56 Å². The third-order valence-electron chi connectivity index (χ3n) is 2.48. The number of rotatable bonds is 7. The number of alkyl halides is 1. The third kappa shape index (κ3) is 4.42. The Morgan fingerprint density at radius 2 is 2.12 bits per heavy atom. The molecule has 0 N–H and O–H groups in total. The van der Waals surface area contributed by atoms with Crippen LogP contribution in [0.15, 0.2) is 24.3 Å². The summed E-state index contributed by atoms with van der Waals surface area (Å²) in [5.74, 6) is 1.60. The van der Waals surface area contributed by atoms with Gasteiger partial charge in [-0.25, -0.2) is 0 Å². The van der Waals surface area contributed by atoms with E-state index in [2.05, 4.69) is 24.0 Å². The maximum Gasteiger partial charge on any atom is 0.119 e. The lowest BCUT2D eigenvalue weighted by molar-refractivity contribution is 0.282. The van der Waals surface area contributed by atoms with Crippen molar-refractivity contribution in [1.82, 2.24) is 4.90 Å². The van der Waals surface area contributed by atoms with Crippen molar-refractivity contribution < 1.29 is 4.74 Å². The minimum Gasteiger partial charge on any atom is -0.497 e. The summed E-state index contributed by atoms with van der Waals surface area (Å²) in [5.41, 5.74) is 1.28. The van der Waals surface area contributed by atoms with Crippen LogP contribution in [0.3, 0.4) is 0 Å². The van der Waals surface area contributed by atoms with Crippen LogP contribution in [0.5, 0.6) is 5.75 Å². The van der Waals surface area contributed by atoms with Crippen LogP contribution in [0, 0.1) is 0 Å². The molecule has 0 bridgehead atoms. The maximum absolute atomic E-state index is 5.79. The van der Waals surface area contributed by atoms with Crippen LogP contribution in [0.1, 0.15) is 18.9 Å². The molecule has 0 aromatic heterocycles. The van der Waals surface area contributed by atoms with Crippen LogP contribution in [0.25, 0.3) is 0 Å². The summed E-state index contributed by atoms with van der Waals surface area (Å²) in [5, 5.41) is 0. The zero-order chi connectivity index (χ0) is 11.8. The van der Waals surface area contributed by atoms with Crippen molar-refractivity contribution in [3.8, 4) is 5.75 Å². The summed E-state index contributed by atoms with van der Waals surface area (Å²) < 4.78 is 5.21. The van der Waals surface area contributed by atoms with Crippen molar-refractivity contribution >= 4 is 11.6 Å². The minimum atomic E-state index is 0.684. The predicted molar refractivity (Wildman–Crippen MR) is 69.3 cm³/mol. The Morgan fingerprint density at radius 3 is 2.75 bits per heavy atom. The van der Waals surface area contributed by atoms with Crippen molar-refractivity contribution in [3.63, 3.8) is 0 Å². The van der Waals surface area contributed by atoms with Crippen LogP contribution in [-0.2, 0) is 6.54 Å². The monoisotopic (exact) mass is 241 g/mol. The lowest BCUT2D eigenvalue weighted by Crippen LogP contribution is -2.26. The second-order valence-electron chi connectivity index (χ2n) is 3.82. The Labute approximate surface area is 103 Å². The molecule has 0 heterocycles. The molecule has 0 saturated heterocycles. The van der Waals surface area contributed by atoms with Gasteiger partial charge in [0.1, 0.15) is 5.75 Å². The highest BCUT2D eigenvalue weighted by Gasteiger charge is 2.04. The Hall–Kier alpha value is -0.730. The van der Waals surface area contributed by atoms with E-state index < -0.39 is 0 Å². The molecule has 2 nitrogen and oxygen atoms in total. The van der Waals surface area contributed by atoms with Gasteiger partial charge in [0.15, 0.2) is 0 Å². The topological polar surface area (TPSA) is 12.5 Å². The normalized spacial score (nSPS) is 10.8. The highest BCUT2D eigenvalue weighted by atomic mass is 35.5. The van der Waals surface area contributed by atoms with E-state index in [0.29, 0.717) is 5.88 Å². The zero-order valence-electron chi connectivity index (χ0n) is 10.1. The molecule has 0 fully saturated rings. The van der Waals surface area contributed by atoms with Gasteiger partial charge in [-0.1, -0.05) is 19.1 Å². The van der Waals surface area contributed by atoms with Crippen LogP contribution < -0.4 is 4.74 Å². The van der Waals surface area contributed by atoms with Crippen molar-refractivity contribution in [1.29, 1.82) is 0 Å². The first-order valence-electron chi connectivity index (χ1n) is 5.71. The van der Waals surface area contributed by atoms with Gasteiger partial charge in [0, 0.05) is 19.0 Å². The molecule has 1 aromatic rings. The fourth-order valence-corrected chi connectivity index (χ4v) is 1.97. The second kappa shape index (κ2) is 7.53. The van der Waals surface area contributed by atoms with E-state index >= 15 is 0 Å². The molecule has 0 spiro atoms. The Morgan fingerprint density at radius 1 is 1.31 bits per heavy atom. The van der Waals surface area contributed by atoms with Gasteiger partial charge in [0.05, 0.1) is 7.11 Å². The molecule has 0 amide bonds. The fourth-order valence-electron chi connectivity index (χ4n) is 1.73. The molecule has 90 valence electrons. The second-order valence-corrected chi connectivity index (χ2v) is 4.19. The summed E-state index contributed by atoms with van der Waals surface area (Å²) in [4.78, 5) is 2.36. The molecular weight excluding hydrogens is 222 g/mol. The van der Waals surface area contributed by atoms with E-state index in [9.17, 15) is 0 Å². The van der Waals surface area contributed by atoms with Crippen LogP contribution in [-0.4, -0.2) is 31.0 Å². The van der Waals surface area contributed by atoms with Gasteiger partial charge in [0.2, 0.25) is 0 Å². The zero-order valence-corrected chi connectivity index (χ0v) is 10.8. The molecule has 0 saturated carbocycles. The lowest BCUT2D eigenvalue weighted by atomic mass is 10.2. The van der Waals surface area contributed by atoms with E-state index in [1.807, 2.05) is 12.1 Å². The number of hydrogen-bond donors (Lipinski definition) is 0. The van der Waals surface area contributed by atoms with Gasteiger partial charge in [-0.2, -0.15) is 0 Å². The quantitative estimate of drug-likeness (QED) is 0.680. The molecule has 16 heavy (non-hydrogen) atoms. The summed E-state index contributed by atoms with van der Waals surface area (Å²) in [7, 11) is 1.70. The minimum absolute atomic E-state index is 0.684. The molecule has 0 radical (unpaired) electrons. The molecule has 1 rings (SSSR count). The highest BCUT2D eigenvalue weighted by Crippen LogP contribution is 2.14. The molecule has 3 heteroatoms. The van der Waals surface area contributed by atoms with Gasteiger partial charge in [0.25, 0.3) is 0 Å². The van der Waals surface area contributed by atoms with Crippen molar-refractivity contribution in [3.05, 3.63) is 29.8 Å². The van der Waals surface area contributed by atoms with Gasteiger partial charge >= 0.3 is 0 Å². The van der Waals surface area contributed by atoms with E-state index in [0.717, 1.165) is 31.8 Å². The van der Waals surface area contributed by atoms with Gasteiger partial charge in [-0.3, -0.25) is 4.90 Å². The number of benzene rings is 1. The van der Waals surface area contributed by atoms with Gasteiger partial charge in [-0.15, -0.1) is 11.6 Å². The summed E-state index contributed by atoms with van der Waals surface area (Å²) >= 11 is 5.79. The first-order chi connectivity index (χ1) is 7.80. The number of methoxy groups -OCH3 is 1. The SMILES string of the molecule is CCCN(CCCl)Cc1cccc(OC)c1. The van der Waals surface area contributed by atoms with Crippen LogP contribution >= 0.6 is 11.6 Å². The molecule has 0 aliphatic rings. The van der Waals surface area contributed by atoms with E-state index in [-0.39, 0.29) is 0 Å². The van der Waals surface area contributed by atoms with Gasteiger partial charge < -0.3 is 4.74 Å². The van der Waals surface area contributed by atoms with E-state index in [4.69, 9.17) is 16.3 Å². The molecule has 1 aromatic carbocycles. The number of nitrogens with zero attached hydrogens (tertiary/aromatic N) is 1. The van der Waals surface area contributed by atoms with Gasteiger partial charge in [-0.05, 0) is 30.7 Å². The van der Waals surface area contributed by atoms with Crippen LogP contribution in [0.2, 0.25) is 0 Å². The van der Waals surface area contributed by atoms with Crippen molar-refractivity contribution in [2.75, 3.05) is 26.1 Å². The molecule has 0 aliphatic heterocycles. The molecule has 0 aliphatic carbocycles. The molecule has 0 unspecified atom stereocenters. The molecule has 0 atom stereocenters. The van der Waals surface area contributed by atoms with Crippen LogP contribution in [0.4, 0.5) is 0 Å². The van der Waals surface area contributed by atoms with Crippen molar-refractivity contribution in [2.24, 2.45) is 0 Å². The average molecular weight is 242 g/mol. The first kappa shape index (κ1) is 13.3. The van der Waals surface area contributed by atoms with Crippen molar-refractivity contribution in [2.45, 2.75) is 19.9 Å². The smallest absolute Gasteiger partial charge is 0.119 e. The lowest BCUT2D eigenvalue weighted by Gasteiger charge is -2.20. The maximum atomic E-state index is 5.79.